The van der Waals surface area contributed by atoms with Gasteiger partial charge in [-0.15, -0.1) is 0 Å². The van der Waals surface area contributed by atoms with Crippen molar-refractivity contribution in [2.75, 3.05) is 0 Å². The minimum absolute atomic E-state index is 0.129. The average molecular weight is 391 g/mol. The van der Waals surface area contributed by atoms with Gasteiger partial charge in [0.1, 0.15) is 17.0 Å². The largest absolute Gasteiger partial charge is 0.508 e. The first-order chi connectivity index (χ1) is 14.0. The van der Waals surface area contributed by atoms with E-state index in [4.69, 9.17) is 9.15 Å². The molecule has 0 spiro atoms. The highest BCUT2D eigenvalue weighted by atomic mass is 16.5. The van der Waals surface area contributed by atoms with Crippen molar-refractivity contribution in [3.05, 3.63) is 54.6 Å². The Kier molecular flexibility index (Phi) is 5.08. The number of nitrogens with zero attached hydrogens (tertiary/aromatic N) is 1. The molecule has 3 aromatic carbocycles. The van der Waals surface area contributed by atoms with E-state index in [9.17, 15) is 15.0 Å². The lowest BCUT2D eigenvalue weighted by molar-refractivity contribution is -0.145. The third-order valence-corrected chi connectivity index (χ3v) is 4.80. The second kappa shape index (κ2) is 7.83. The van der Waals surface area contributed by atoms with E-state index >= 15 is 0 Å². The predicted octanol–water partition coefficient (Wildman–Crippen LogP) is 5.38. The smallest absolute Gasteiger partial charge is 0.344 e. The molecule has 1 unspecified atom stereocenters. The molecule has 1 aromatic heterocycles. The zero-order valence-electron chi connectivity index (χ0n) is 16.0. The Labute approximate surface area is 167 Å². The average Bonchev–Trinajstić information content (AvgIpc) is 3.13. The summed E-state index contributed by atoms with van der Waals surface area (Å²) in [5.41, 5.74) is 2.01. The van der Waals surface area contributed by atoms with Gasteiger partial charge in [-0.2, -0.15) is 0 Å². The summed E-state index contributed by atoms with van der Waals surface area (Å²) in [4.78, 5) is 15.9. The number of oxazole rings is 1. The molecule has 0 radical (unpaired) electrons. The Morgan fingerprint density at radius 2 is 1.90 bits per heavy atom. The molecular formula is C23H21NO5. The van der Waals surface area contributed by atoms with Crippen LogP contribution in [0.4, 0.5) is 0 Å². The van der Waals surface area contributed by atoms with Gasteiger partial charge in [0, 0.05) is 11.6 Å². The predicted molar refractivity (Wildman–Crippen MR) is 110 cm³/mol. The number of phenols is 1. The molecule has 1 heterocycles. The molecular weight excluding hydrogens is 370 g/mol. The lowest BCUT2D eigenvalue weighted by atomic mass is 10.1. The molecule has 0 saturated heterocycles. The Morgan fingerprint density at radius 1 is 1.10 bits per heavy atom. The maximum atomic E-state index is 11.4. The molecule has 0 aliphatic rings. The number of aromatic hydroxyl groups is 1. The van der Waals surface area contributed by atoms with Crippen LogP contribution in [0.5, 0.6) is 11.5 Å². The Bertz CT molecular complexity index is 1180. The van der Waals surface area contributed by atoms with E-state index in [-0.39, 0.29) is 5.75 Å². The number of fused-ring (bicyclic) bond motifs is 2. The lowest BCUT2D eigenvalue weighted by Crippen LogP contribution is -2.26. The molecule has 0 bridgehead atoms. The zero-order valence-corrected chi connectivity index (χ0v) is 16.0. The van der Waals surface area contributed by atoms with Crippen LogP contribution in [0, 0.1) is 0 Å². The van der Waals surface area contributed by atoms with E-state index in [0.717, 1.165) is 29.2 Å². The normalized spacial score (nSPS) is 12.3. The van der Waals surface area contributed by atoms with E-state index in [2.05, 4.69) is 4.98 Å². The molecule has 148 valence electrons. The van der Waals surface area contributed by atoms with Crippen molar-refractivity contribution in [3.8, 4) is 23.0 Å². The quantitative estimate of drug-likeness (QED) is 0.440. The molecule has 6 nitrogen and oxygen atoms in total. The molecule has 2 N–H and O–H groups in total. The maximum absolute atomic E-state index is 11.4. The molecule has 1 atom stereocenters. The van der Waals surface area contributed by atoms with Gasteiger partial charge in [-0.05, 0) is 60.0 Å². The second-order valence-corrected chi connectivity index (χ2v) is 6.98. The monoisotopic (exact) mass is 391 g/mol. The zero-order chi connectivity index (χ0) is 20.4. The minimum atomic E-state index is -0.948. The highest BCUT2D eigenvalue weighted by Crippen LogP contribution is 2.30. The minimum Gasteiger partial charge on any atom is -0.508 e. The number of carbonyl (C=O) groups is 1. The summed E-state index contributed by atoms with van der Waals surface area (Å²) in [5, 5.41) is 20.8. The van der Waals surface area contributed by atoms with Gasteiger partial charge in [0.05, 0.1) is 0 Å². The fourth-order valence-corrected chi connectivity index (χ4v) is 3.25. The van der Waals surface area contributed by atoms with Crippen LogP contribution in [0.2, 0.25) is 0 Å². The Balaban J connectivity index is 1.61. The van der Waals surface area contributed by atoms with Gasteiger partial charge in [-0.1, -0.05) is 25.5 Å². The van der Waals surface area contributed by atoms with Crippen LogP contribution in [-0.2, 0) is 4.79 Å². The van der Waals surface area contributed by atoms with Crippen molar-refractivity contribution in [2.45, 2.75) is 32.3 Å². The fourth-order valence-electron chi connectivity index (χ4n) is 3.25. The van der Waals surface area contributed by atoms with Crippen LogP contribution in [0.1, 0.15) is 26.2 Å². The van der Waals surface area contributed by atoms with E-state index in [1.807, 2.05) is 37.3 Å². The van der Waals surface area contributed by atoms with E-state index in [1.165, 1.54) is 6.07 Å². The third kappa shape index (κ3) is 4.01. The number of rotatable bonds is 7. The number of hydrogen-bond donors (Lipinski definition) is 2. The van der Waals surface area contributed by atoms with Gasteiger partial charge in [-0.25, -0.2) is 9.78 Å². The van der Waals surface area contributed by atoms with Crippen molar-refractivity contribution in [3.63, 3.8) is 0 Å². The SMILES string of the molecule is CCCCC(Oc1ccc2cc(-c3nc4ccc(O)cc4o3)ccc2c1)C(=O)O. The standard InChI is InChI=1S/C23H21NO5/c1-2-3-4-20(23(26)27)28-18-9-7-14-11-16(6-5-15(14)12-18)22-24-19-10-8-17(25)13-21(19)29-22/h5-13,20,25H,2-4H2,1H3,(H,26,27). The number of carboxylic acid groups (broad SMARTS) is 1. The molecule has 0 saturated carbocycles. The van der Waals surface area contributed by atoms with Gasteiger partial charge in [0.2, 0.25) is 5.89 Å². The van der Waals surface area contributed by atoms with Crippen molar-refractivity contribution in [1.82, 2.24) is 4.98 Å². The first-order valence-electron chi connectivity index (χ1n) is 9.56. The summed E-state index contributed by atoms with van der Waals surface area (Å²) in [6.07, 6.45) is 1.36. The second-order valence-electron chi connectivity index (χ2n) is 6.98. The summed E-state index contributed by atoms with van der Waals surface area (Å²) in [5.74, 6) is 0.185. The van der Waals surface area contributed by atoms with Crippen molar-refractivity contribution >= 4 is 27.8 Å². The Hall–Kier alpha value is -3.54. The number of unbranched alkanes of at least 4 members (excludes halogenated alkanes) is 1. The van der Waals surface area contributed by atoms with Crippen LogP contribution in [0.15, 0.2) is 59.0 Å². The molecule has 0 amide bonds. The Morgan fingerprint density at radius 3 is 2.69 bits per heavy atom. The first kappa shape index (κ1) is 18.8. The number of ether oxygens (including phenoxy) is 1. The summed E-state index contributed by atoms with van der Waals surface area (Å²) in [6, 6.07) is 16.1. The van der Waals surface area contributed by atoms with Crippen LogP contribution in [-0.4, -0.2) is 27.3 Å². The first-order valence-corrected chi connectivity index (χ1v) is 9.56. The fraction of sp³-hybridized carbons (Fsp3) is 0.217. The molecule has 4 aromatic rings. The molecule has 4 rings (SSSR count). The lowest BCUT2D eigenvalue weighted by Gasteiger charge is -2.15. The molecule has 0 fully saturated rings. The van der Waals surface area contributed by atoms with Crippen LogP contribution in [0.25, 0.3) is 33.3 Å². The maximum Gasteiger partial charge on any atom is 0.344 e. The van der Waals surface area contributed by atoms with Gasteiger partial charge in [0.15, 0.2) is 11.7 Å². The third-order valence-electron chi connectivity index (χ3n) is 4.80. The summed E-state index contributed by atoms with van der Waals surface area (Å²) < 4.78 is 11.5. The highest BCUT2D eigenvalue weighted by molar-refractivity contribution is 5.88. The summed E-state index contributed by atoms with van der Waals surface area (Å²) in [6.45, 7) is 2.02. The number of phenolic OH excluding ortho intramolecular Hbond substituents is 1. The van der Waals surface area contributed by atoms with Gasteiger partial charge >= 0.3 is 5.97 Å². The van der Waals surface area contributed by atoms with E-state index in [1.54, 1.807) is 18.2 Å². The molecule has 0 aliphatic heterocycles. The van der Waals surface area contributed by atoms with Crippen LogP contribution in [0.3, 0.4) is 0 Å². The van der Waals surface area contributed by atoms with Gasteiger partial charge in [-0.3, -0.25) is 0 Å². The molecule has 0 aliphatic carbocycles. The van der Waals surface area contributed by atoms with E-state index in [0.29, 0.717) is 29.2 Å². The summed E-state index contributed by atoms with van der Waals surface area (Å²) in [7, 11) is 0. The molecule has 6 heteroatoms. The van der Waals surface area contributed by atoms with Crippen molar-refractivity contribution < 1.29 is 24.2 Å². The number of carboxylic acids is 1. The number of aromatic nitrogens is 1. The number of aliphatic carboxylic acids is 1. The van der Waals surface area contributed by atoms with Gasteiger partial charge in [0.25, 0.3) is 0 Å². The van der Waals surface area contributed by atoms with Gasteiger partial charge < -0.3 is 19.4 Å². The van der Waals surface area contributed by atoms with Crippen molar-refractivity contribution in [1.29, 1.82) is 0 Å². The topological polar surface area (TPSA) is 92.8 Å². The number of hydrogen-bond acceptors (Lipinski definition) is 5. The number of benzene rings is 3. The molecule has 29 heavy (non-hydrogen) atoms. The highest BCUT2D eigenvalue weighted by Gasteiger charge is 2.19. The summed E-state index contributed by atoms with van der Waals surface area (Å²) >= 11 is 0. The van der Waals surface area contributed by atoms with Crippen molar-refractivity contribution in [2.24, 2.45) is 0 Å². The van der Waals surface area contributed by atoms with E-state index < -0.39 is 12.1 Å². The van der Waals surface area contributed by atoms with Crippen LogP contribution < -0.4 is 4.74 Å². The van der Waals surface area contributed by atoms with Crippen LogP contribution >= 0.6 is 0 Å².